The van der Waals surface area contributed by atoms with Crippen LogP contribution in [0.1, 0.15) is 33.1 Å². The Balaban J connectivity index is 1.82. The Kier molecular flexibility index (Phi) is 5.72. The van der Waals surface area contributed by atoms with Crippen molar-refractivity contribution in [1.82, 2.24) is 9.80 Å². The fourth-order valence-electron chi connectivity index (χ4n) is 5.25. The van der Waals surface area contributed by atoms with Gasteiger partial charge < -0.3 is 24.4 Å². The number of fused-ring (bicyclic) bond motifs is 2. The smallest absolute Gasteiger partial charge is 0.312 e. The minimum atomic E-state index is -1.25. The lowest BCUT2D eigenvalue weighted by Crippen LogP contribution is -2.56. The van der Waals surface area contributed by atoms with Gasteiger partial charge in [0.1, 0.15) is 17.6 Å². The number of ether oxygens (including phenoxy) is 2. The van der Waals surface area contributed by atoms with Crippen LogP contribution in [0.15, 0.2) is 24.3 Å². The third kappa shape index (κ3) is 3.17. The number of hydrogen-bond acceptors (Lipinski definition) is 6. The zero-order valence-electron chi connectivity index (χ0n) is 17.5. The molecule has 4 aliphatic rings. The molecule has 0 aliphatic carbocycles. The number of β-amino-alcohol motifs (C(OH)–C–C–N with tert-alkyl or cyclic N) is 1. The third-order valence-electron chi connectivity index (χ3n) is 6.60. The number of hydrogen-bond donors (Lipinski definition) is 1. The fourth-order valence-corrected chi connectivity index (χ4v) is 5.25. The molecule has 1 unspecified atom stereocenters. The highest BCUT2D eigenvalue weighted by molar-refractivity contribution is 5.99. The van der Waals surface area contributed by atoms with Crippen LogP contribution in [0.4, 0.5) is 0 Å². The van der Waals surface area contributed by atoms with Gasteiger partial charge in [-0.3, -0.25) is 14.4 Å². The summed E-state index contributed by atoms with van der Waals surface area (Å²) in [6, 6.07) is -0.975. The predicted octanol–water partition coefficient (Wildman–Crippen LogP) is 0.650. The Bertz CT molecular complexity index is 778. The summed E-state index contributed by atoms with van der Waals surface area (Å²) in [4.78, 5) is 43.2. The van der Waals surface area contributed by atoms with Crippen LogP contribution >= 0.6 is 0 Å². The normalized spacial score (nSPS) is 37.5. The molecule has 8 heteroatoms. The number of rotatable bonds is 3. The molecule has 0 aromatic carbocycles. The average molecular weight is 418 g/mol. The number of carbonyl (C=O) groups is 3. The van der Waals surface area contributed by atoms with Gasteiger partial charge in [0, 0.05) is 19.1 Å². The van der Waals surface area contributed by atoms with Gasteiger partial charge in [-0.1, -0.05) is 24.3 Å². The molecular weight excluding hydrogens is 388 g/mol. The first kappa shape index (κ1) is 21.1. The van der Waals surface area contributed by atoms with Crippen molar-refractivity contribution in [3.05, 3.63) is 24.3 Å². The standard InChI is InChI=1S/C22H30N2O6/c1-14(2)23-10-7-9-22-17(19(26)24(11-12-25)18(22)20(23)27)16-15(30-22)8-5-3-4-6-13-29-21(16)28/h5,7-9,14-18,25H,3-4,6,10-13H2,1-2H3/b8-5-/t15-,16+,17+,18?,22+/m1/s1. The van der Waals surface area contributed by atoms with E-state index in [-0.39, 0.29) is 31.0 Å². The number of likely N-dealkylation sites (tertiary alicyclic amines) is 1. The van der Waals surface area contributed by atoms with Crippen molar-refractivity contribution in [2.45, 2.75) is 56.9 Å². The molecule has 0 radical (unpaired) electrons. The zero-order valence-corrected chi connectivity index (χ0v) is 17.5. The van der Waals surface area contributed by atoms with Crippen LogP contribution in [-0.2, 0) is 23.9 Å². The van der Waals surface area contributed by atoms with E-state index in [4.69, 9.17) is 9.47 Å². The van der Waals surface area contributed by atoms with Crippen molar-refractivity contribution >= 4 is 17.8 Å². The fraction of sp³-hybridized carbons (Fsp3) is 0.682. The summed E-state index contributed by atoms with van der Waals surface area (Å²) >= 11 is 0. The van der Waals surface area contributed by atoms with E-state index in [1.807, 2.05) is 32.1 Å². The predicted molar refractivity (Wildman–Crippen MR) is 107 cm³/mol. The first-order valence-electron chi connectivity index (χ1n) is 10.8. The van der Waals surface area contributed by atoms with Gasteiger partial charge >= 0.3 is 5.97 Å². The molecule has 4 aliphatic heterocycles. The largest absolute Gasteiger partial charge is 0.465 e. The van der Waals surface area contributed by atoms with E-state index < -0.39 is 35.6 Å². The monoisotopic (exact) mass is 418 g/mol. The molecule has 0 bridgehead atoms. The Morgan fingerprint density at radius 3 is 2.73 bits per heavy atom. The number of amides is 2. The first-order chi connectivity index (χ1) is 14.4. The lowest BCUT2D eigenvalue weighted by atomic mass is 9.78. The number of cyclic esters (lactones) is 1. The molecule has 30 heavy (non-hydrogen) atoms. The number of nitrogens with zero attached hydrogens (tertiary/aromatic N) is 2. The van der Waals surface area contributed by atoms with Gasteiger partial charge in [0.15, 0.2) is 0 Å². The minimum absolute atomic E-state index is 0.0128. The quantitative estimate of drug-likeness (QED) is 0.534. The number of aliphatic hydroxyl groups excluding tert-OH is 1. The first-order valence-corrected chi connectivity index (χ1v) is 10.8. The molecule has 0 saturated carbocycles. The number of esters is 1. The lowest BCUT2D eigenvalue weighted by Gasteiger charge is -2.36. The van der Waals surface area contributed by atoms with Gasteiger partial charge in [-0.15, -0.1) is 0 Å². The molecule has 4 heterocycles. The molecule has 2 fully saturated rings. The molecule has 2 saturated heterocycles. The molecule has 2 amide bonds. The van der Waals surface area contributed by atoms with Crippen molar-refractivity contribution in [2.24, 2.45) is 11.8 Å². The van der Waals surface area contributed by atoms with Gasteiger partial charge in [-0.25, -0.2) is 0 Å². The Labute approximate surface area is 176 Å². The van der Waals surface area contributed by atoms with Crippen molar-refractivity contribution in [3.63, 3.8) is 0 Å². The van der Waals surface area contributed by atoms with E-state index in [0.717, 1.165) is 19.3 Å². The van der Waals surface area contributed by atoms with E-state index in [1.165, 1.54) is 4.90 Å². The van der Waals surface area contributed by atoms with Crippen LogP contribution in [0.3, 0.4) is 0 Å². The highest BCUT2D eigenvalue weighted by Gasteiger charge is 2.71. The summed E-state index contributed by atoms with van der Waals surface area (Å²) < 4.78 is 11.9. The zero-order chi connectivity index (χ0) is 21.5. The Morgan fingerprint density at radius 2 is 2.00 bits per heavy atom. The minimum Gasteiger partial charge on any atom is -0.465 e. The van der Waals surface area contributed by atoms with Crippen LogP contribution in [-0.4, -0.2) is 82.8 Å². The Hall–Kier alpha value is -2.19. The van der Waals surface area contributed by atoms with E-state index in [2.05, 4.69) is 0 Å². The summed E-state index contributed by atoms with van der Waals surface area (Å²) in [6.45, 7) is 4.29. The summed E-state index contributed by atoms with van der Waals surface area (Å²) in [7, 11) is 0. The van der Waals surface area contributed by atoms with Crippen LogP contribution in [0.5, 0.6) is 0 Å². The molecule has 0 aromatic rings. The van der Waals surface area contributed by atoms with Gasteiger partial charge in [0.25, 0.3) is 0 Å². The maximum absolute atomic E-state index is 13.6. The van der Waals surface area contributed by atoms with Crippen LogP contribution < -0.4 is 0 Å². The summed E-state index contributed by atoms with van der Waals surface area (Å²) in [5, 5.41) is 9.58. The second-order valence-electron chi connectivity index (χ2n) is 8.68. The maximum Gasteiger partial charge on any atom is 0.312 e. The second kappa shape index (κ2) is 8.15. The second-order valence-corrected chi connectivity index (χ2v) is 8.68. The van der Waals surface area contributed by atoms with Crippen LogP contribution in [0.25, 0.3) is 0 Å². The summed E-state index contributed by atoms with van der Waals surface area (Å²) in [6.07, 6.45) is 9.36. The topological polar surface area (TPSA) is 96.4 Å². The van der Waals surface area contributed by atoms with E-state index in [0.29, 0.717) is 13.2 Å². The molecule has 4 rings (SSSR count). The summed E-state index contributed by atoms with van der Waals surface area (Å²) in [5.41, 5.74) is -1.25. The van der Waals surface area contributed by atoms with E-state index in [9.17, 15) is 19.5 Å². The van der Waals surface area contributed by atoms with Crippen molar-refractivity contribution < 1.29 is 29.0 Å². The van der Waals surface area contributed by atoms with Gasteiger partial charge in [0.2, 0.25) is 11.8 Å². The van der Waals surface area contributed by atoms with Crippen molar-refractivity contribution in [3.8, 4) is 0 Å². The van der Waals surface area contributed by atoms with Crippen molar-refractivity contribution in [2.75, 3.05) is 26.3 Å². The van der Waals surface area contributed by atoms with Gasteiger partial charge in [-0.2, -0.15) is 0 Å². The van der Waals surface area contributed by atoms with Gasteiger partial charge in [-0.05, 0) is 33.1 Å². The number of aliphatic hydroxyl groups is 1. The SMILES string of the molecule is CC(C)N1CC=C[C@]23O[C@@H]4/C=C\CCCCOC(=O)[C@@H]4[C@H]2C(=O)N(CCO)C3C1=O. The molecule has 0 aromatic heterocycles. The van der Waals surface area contributed by atoms with Crippen molar-refractivity contribution in [1.29, 1.82) is 0 Å². The maximum atomic E-state index is 13.6. The molecule has 164 valence electrons. The lowest BCUT2D eigenvalue weighted by molar-refractivity contribution is -0.155. The molecular formula is C22H30N2O6. The average Bonchev–Trinajstić information content (AvgIpc) is 3.08. The molecule has 8 nitrogen and oxygen atoms in total. The third-order valence-corrected chi connectivity index (χ3v) is 6.60. The highest BCUT2D eigenvalue weighted by atomic mass is 16.6. The van der Waals surface area contributed by atoms with Crippen LogP contribution in [0.2, 0.25) is 0 Å². The molecule has 1 spiro atoms. The highest BCUT2D eigenvalue weighted by Crippen LogP contribution is 2.53. The summed E-state index contributed by atoms with van der Waals surface area (Å²) in [5.74, 6) is -2.70. The van der Waals surface area contributed by atoms with E-state index in [1.54, 1.807) is 11.0 Å². The molecule has 5 atom stereocenters. The molecule has 1 N–H and O–H groups in total. The Morgan fingerprint density at radius 1 is 1.20 bits per heavy atom. The van der Waals surface area contributed by atoms with Crippen LogP contribution in [0, 0.1) is 11.8 Å². The van der Waals surface area contributed by atoms with Gasteiger partial charge in [0.05, 0.1) is 25.2 Å². The van der Waals surface area contributed by atoms with E-state index >= 15 is 0 Å². The number of allylic oxidation sites excluding steroid dienone is 1. The number of carbonyl (C=O) groups excluding carboxylic acids is 3.